The number of nitrogens with zero attached hydrogens (tertiary/aromatic N) is 2. The summed E-state index contributed by atoms with van der Waals surface area (Å²) < 4.78 is 5.90. The number of nitro benzene ring substituents is 1. The lowest BCUT2D eigenvalue weighted by atomic mass is 10.1. The number of thioether (sulfide) groups is 1. The van der Waals surface area contributed by atoms with Gasteiger partial charge in [0.15, 0.2) is 0 Å². The molecule has 1 amide bonds. The highest BCUT2D eigenvalue weighted by Gasteiger charge is 2.27. The number of benzene rings is 2. The maximum absolute atomic E-state index is 13.0. The monoisotopic (exact) mass is 501 g/mol. The molecule has 10 heteroatoms. The molecule has 1 aromatic heterocycles. The van der Waals surface area contributed by atoms with Crippen molar-refractivity contribution in [3.8, 4) is 0 Å². The summed E-state index contributed by atoms with van der Waals surface area (Å²) in [6.07, 6.45) is 2.11. The Bertz CT molecular complexity index is 1130. The summed E-state index contributed by atoms with van der Waals surface area (Å²) in [7, 11) is 0. The third-order valence-corrected chi connectivity index (χ3v) is 5.54. The Labute approximate surface area is 190 Å². The lowest BCUT2D eigenvalue weighted by Gasteiger charge is -2.19. The minimum Gasteiger partial charge on any atom is -0.444 e. The van der Waals surface area contributed by atoms with Crippen LogP contribution in [-0.2, 0) is 9.53 Å². The average Bonchev–Trinajstić information content (AvgIpc) is 2.78. The second-order valence-electron chi connectivity index (χ2n) is 6.17. The molecule has 3 rings (SSSR count). The Morgan fingerprint density at radius 1 is 1.16 bits per heavy atom. The molecular weight excluding hydrogens is 486 g/mol. The first-order valence-electron chi connectivity index (χ1n) is 8.90. The number of carbonyl (C=O) groups excluding carboxylic acids is 2. The van der Waals surface area contributed by atoms with E-state index in [0.717, 1.165) is 0 Å². The number of ether oxygens (including phenoxy) is 1. The van der Waals surface area contributed by atoms with Crippen LogP contribution in [0.5, 0.6) is 0 Å². The van der Waals surface area contributed by atoms with Crippen LogP contribution in [0, 0.1) is 10.1 Å². The number of pyridine rings is 1. The molecule has 0 spiro atoms. The third-order valence-electron chi connectivity index (χ3n) is 4.17. The molecule has 8 nitrogen and oxygen atoms in total. The van der Waals surface area contributed by atoms with Crippen molar-refractivity contribution in [2.75, 3.05) is 11.6 Å². The lowest BCUT2D eigenvalue weighted by Crippen LogP contribution is -2.26. The molecule has 3 aromatic rings. The van der Waals surface area contributed by atoms with E-state index >= 15 is 0 Å². The van der Waals surface area contributed by atoms with Gasteiger partial charge in [-0.2, -0.15) is 0 Å². The number of esters is 1. The van der Waals surface area contributed by atoms with E-state index in [1.807, 2.05) is 0 Å². The molecule has 31 heavy (non-hydrogen) atoms. The Kier molecular flexibility index (Phi) is 7.37. The van der Waals surface area contributed by atoms with Crippen LogP contribution in [0.25, 0.3) is 0 Å². The molecule has 0 fully saturated rings. The summed E-state index contributed by atoms with van der Waals surface area (Å²) in [4.78, 5) is 40.4. The number of rotatable bonds is 7. The molecule has 0 aliphatic heterocycles. The van der Waals surface area contributed by atoms with Gasteiger partial charge in [-0.15, -0.1) is 11.8 Å². The quantitative estimate of drug-likeness (QED) is 0.209. The van der Waals surface area contributed by atoms with Crippen molar-refractivity contribution in [1.29, 1.82) is 0 Å². The van der Waals surface area contributed by atoms with Gasteiger partial charge in [0.1, 0.15) is 5.03 Å². The molecule has 0 radical (unpaired) electrons. The fraction of sp³-hybridized carbons (Fsp3) is 0.0952. The smallest absolute Gasteiger partial charge is 0.342 e. The number of carbonyl (C=O) groups is 2. The van der Waals surface area contributed by atoms with Gasteiger partial charge in [0.25, 0.3) is 11.6 Å². The van der Waals surface area contributed by atoms with Gasteiger partial charge in [-0.1, -0.05) is 30.3 Å². The van der Waals surface area contributed by atoms with Gasteiger partial charge in [0.2, 0.25) is 6.10 Å². The molecule has 1 N–H and O–H groups in total. The van der Waals surface area contributed by atoms with Crippen molar-refractivity contribution in [2.24, 2.45) is 0 Å². The third kappa shape index (κ3) is 5.47. The molecule has 1 atom stereocenters. The molecule has 0 bridgehead atoms. The predicted molar refractivity (Wildman–Crippen MR) is 120 cm³/mol. The first-order chi connectivity index (χ1) is 14.9. The fourth-order valence-electron chi connectivity index (χ4n) is 2.70. The normalized spacial score (nSPS) is 11.4. The predicted octanol–water partition coefficient (Wildman–Crippen LogP) is 5.01. The Balaban J connectivity index is 1.88. The van der Waals surface area contributed by atoms with Crippen molar-refractivity contribution in [3.05, 3.63) is 92.6 Å². The summed E-state index contributed by atoms with van der Waals surface area (Å²) in [5, 5.41) is 14.1. The molecule has 158 valence electrons. The van der Waals surface area contributed by atoms with Crippen LogP contribution in [0.3, 0.4) is 0 Å². The van der Waals surface area contributed by atoms with Gasteiger partial charge in [-0.3, -0.25) is 14.9 Å². The summed E-state index contributed by atoms with van der Waals surface area (Å²) in [5.41, 5.74) is 0.900. The summed E-state index contributed by atoms with van der Waals surface area (Å²) in [6, 6.07) is 15.7. The van der Waals surface area contributed by atoms with E-state index < -0.39 is 22.9 Å². The number of anilines is 1. The van der Waals surface area contributed by atoms with Crippen LogP contribution in [0.1, 0.15) is 22.0 Å². The zero-order valence-corrected chi connectivity index (χ0v) is 18.6. The number of hydrogen-bond donors (Lipinski definition) is 1. The maximum atomic E-state index is 13.0. The zero-order chi connectivity index (χ0) is 22.4. The van der Waals surface area contributed by atoms with E-state index in [4.69, 9.17) is 4.74 Å². The van der Waals surface area contributed by atoms with Crippen LogP contribution in [-0.4, -0.2) is 28.0 Å². The summed E-state index contributed by atoms with van der Waals surface area (Å²) in [6.45, 7) is 0. The van der Waals surface area contributed by atoms with Gasteiger partial charge in [0, 0.05) is 28.4 Å². The van der Waals surface area contributed by atoms with Gasteiger partial charge in [0.05, 0.1) is 16.2 Å². The average molecular weight is 502 g/mol. The fourth-order valence-corrected chi connectivity index (χ4v) is 3.70. The van der Waals surface area contributed by atoms with Crippen LogP contribution in [0.4, 0.5) is 11.4 Å². The van der Waals surface area contributed by atoms with Gasteiger partial charge < -0.3 is 10.1 Å². The van der Waals surface area contributed by atoms with E-state index in [-0.39, 0.29) is 11.3 Å². The van der Waals surface area contributed by atoms with E-state index in [9.17, 15) is 19.7 Å². The van der Waals surface area contributed by atoms with Crippen LogP contribution >= 0.6 is 27.7 Å². The second kappa shape index (κ2) is 10.2. The molecular formula is C21H16BrN3O5S. The standard InChI is InChI=1S/C21H16BrN3O5S/c1-31-20-15(8-5-11-23-20)21(27)30-18(13-6-3-2-4-7-13)19(26)24-17-10-9-14(25(28)29)12-16(17)22/h2-12,18H,1H3,(H,24,26)/t18-/m0/s1. The van der Waals surface area contributed by atoms with Crippen molar-refractivity contribution < 1.29 is 19.2 Å². The first-order valence-corrected chi connectivity index (χ1v) is 10.9. The first kappa shape index (κ1) is 22.4. The number of amides is 1. The maximum Gasteiger partial charge on any atom is 0.342 e. The van der Waals surface area contributed by atoms with E-state index in [2.05, 4.69) is 26.2 Å². The molecule has 2 aromatic carbocycles. The molecule has 0 aliphatic rings. The van der Waals surface area contributed by atoms with Crippen LogP contribution < -0.4 is 5.32 Å². The lowest BCUT2D eigenvalue weighted by molar-refractivity contribution is -0.384. The molecule has 0 unspecified atom stereocenters. The number of non-ortho nitro benzene ring substituents is 1. The Morgan fingerprint density at radius 2 is 1.90 bits per heavy atom. The molecule has 0 aliphatic carbocycles. The largest absolute Gasteiger partial charge is 0.444 e. The van der Waals surface area contributed by atoms with Gasteiger partial charge >= 0.3 is 5.97 Å². The summed E-state index contributed by atoms with van der Waals surface area (Å²) in [5.74, 6) is -1.30. The van der Waals surface area contributed by atoms with Crippen molar-refractivity contribution in [1.82, 2.24) is 4.98 Å². The van der Waals surface area contributed by atoms with Crippen molar-refractivity contribution in [2.45, 2.75) is 11.1 Å². The van der Waals surface area contributed by atoms with Crippen molar-refractivity contribution >= 4 is 50.9 Å². The van der Waals surface area contributed by atoms with E-state index in [1.54, 1.807) is 54.9 Å². The number of hydrogen-bond acceptors (Lipinski definition) is 7. The van der Waals surface area contributed by atoms with Crippen molar-refractivity contribution in [3.63, 3.8) is 0 Å². The van der Waals surface area contributed by atoms with E-state index in [0.29, 0.717) is 20.7 Å². The Morgan fingerprint density at radius 3 is 2.55 bits per heavy atom. The summed E-state index contributed by atoms with van der Waals surface area (Å²) >= 11 is 4.51. The minimum atomic E-state index is -1.24. The molecule has 0 saturated carbocycles. The van der Waals surface area contributed by atoms with Crippen LogP contribution in [0.15, 0.2) is 76.4 Å². The highest BCUT2D eigenvalue weighted by atomic mass is 79.9. The zero-order valence-electron chi connectivity index (χ0n) is 16.2. The topological polar surface area (TPSA) is 111 Å². The van der Waals surface area contributed by atoms with Gasteiger partial charge in [-0.05, 0) is 40.4 Å². The highest BCUT2D eigenvalue weighted by Crippen LogP contribution is 2.29. The minimum absolute atomic E-state index is 0.128. The number of nitrogens with one attached hydrogen (secondary N) is 1. The van der Waals surface area contributed by atoms with Gasteiger partial charge in [-0.25, -0.2) is 9.78 Å². The second-order valence-corrected chi connectivity index (χ2v) is 7.82. The van der Waals surface area contributed by atoms with E-state index in [1.165, 1.54) is 30.0 Å². The number of nitro groups is 1. The Hall–Kier alpha value is -3.24. The SMILES string of the molecule is CSc1ncccc1C(=O)O[C@H](C(=O)Nc1ccc([N+](=O)[O-])cc1Br)c1ccccc1. The highest BCUT2D eigenvalue weighted by molar-refractivity contribution is 9.10. The number of halogens is 1. The molecule has 0 saturated heterocycles. The molecule has 1 heterocycles. The van der Waals surface area contributed by atoms with Crippen LogP contribution in [0.2, 0.25) is 0 Å². The number of aromatic nitrogens is 1.